The fraction of sp³-hybridized carbons (Fsp3) is 0.350. The molecule has 3 rings (SSSR count). The second-order valence-electron chi connectivity index (χ2n) is 6.10. The second kappa shape index (κ2) is 9.61. The topological polar surface area (TPSA) is 44.4 Å². The van der Waals surface area contributed by atoms with E-state index in [4.69, 9.17) is 0 Å². The summed E-state index contributed by atoms with van der Waals surface area (Å²) >= 11 is 1.60. The van der Waals surface area contributed by atoms with Gasteiger partial charge >= 0.3 is 0 Å². The molecule has 0 radical (unpaired) electrons. The van der Waals surface area contributed by atoms with E-state index in [1.165, 1.54) is 0 Å². The van der Waals surface area contributed by atoms with Crippen LogP contribution in [-0.4, -0.2) is 50.1 Å². The van der Waals surface area contributed by atoms with E-state index >= 15 is 0 Å². The minimum Gasteiger partial charge on any atom is -0.354 e. The first-order valence-electron chi connectivity index (χ1n) is 8.80. The number of hydrogen-bond donors (Lipinski definition) is 2. The van der Waals surface area contributed by atoms with E-state index in [0.29, 0.717) is 6.54 Å². The molecule has 0 spiro atoms. The highest BCUT2D eigenvalue weighted by Crippen LogP contribution is 2.35. The summed E-state index contributed by atoms with van der Waals surface area (Å²) in [7, 11) is 0. The maximum atomic E-state index is 12.8. The number of benzene rings is 2. The number of amides is 1. The van der Waals surface area contributed by atoms with Crippen molar-refractivity contribution < 1.29 is 4.79 Å². The van der Waals surface area contributed by atoms with Gasteiger partial charge in [0, 0.05) is 44.2 Å². The van der Waals surface area contributed by atoms with Crippen LogP contribution in [0.25, 0.3) is 0 Å². The molecule has 2 N–H and O–H groups in total. The zero-order chi connectivity index (χ0) is 17.3. The van der Waals surface area contributed by atoms with Gasteiger partial charge in [0.2, 0.25) is 5.91 Å². The molecule has 1 unspecified atom stereocenters. The number of hydrogen-bond acceptors (Lipinski definition) is 4. The summed E-state index contributed by atoms with van der Waals surface area (Å²) in [5.41, 5.74) is 1.04. The van der Waals surface area contributed by atoms with Crippen molar-refractivity contribution in [2.24, 2.45) is 0 Å². The summed E-state index contributed by atoms with van der Waals surface area (Å²) in [4.78, 5) is 16.3. The number of carbonyl (C=O) groups is 1. The van der Waals surface area contributed by atoms with Crippen molar-refractivity contribution in [3.63, 3.8) is 0 Å². The number of nitrogens with zero attached hydrogens (tertiary/aromatic N) is 1. The van der Waals surface area contributed by atoms with Gasteiger partial charge in [0.15, 0.2) is 0 Å². The fourth-order valence-corrected chi connectivity index (χ4v) is 3.97. The van der Waals surface area contributed by atoms with Crippen molar-refractivity contribution in [1.29, 1.82) is 0 Å². The Bertz CT molecular complexity index is 645. The Labute approximate surface area is 154 Å². The monoisotopic (exact) mass is 355 g/mol. The third-order valence-electron chi connectivity index (χ3n) is 4.27. The zero-order valence-corrected chi connectivity index (χ0v) is 15.2. The van der Waals surface area contributed by atoms with Crippen molar-refractivity contribution in [3.8, 4) is 0 Å². The maximum absolute atomic E-state index is 12.8. The van der Waals surface area contributed by atoms with Gasteiger partial charge in [0.25, 0.3) is 0 Å². The molecule has 2 aromatic carbocycles. The number of nitrogens with one attached hydrogen (secondary N) is 2. The molecule has 0 saturated carbocycles. The van der Waals surface area contributed by atoms with Crippen LogP contribution in [0.1, 0.15) is 10.8 Å². The average molecular weight is 356 g/mol. The Morgan fingerprint density at radius 3 is 2.36 bits per heavy atom. The Morgan fingerprint density at radius 1 is 1.04 bits per heavy atom. The van der Waals surface area contributed by atoms with E-state index in [-0.39, 0.29) is 11.2 Å². The van der Waals surface area contributed by atoms with Crippen LogP contribution in [0.3, 0.4) is 0 Å². The van der Waals surface area contributed by atoms with Crippen molar-refractivity contribution in [2.45, 2.75) is 10.1 Å². The number of thioether (sulfide) groups is 1. The molecule has 1 saturated heterocycles. The van der Waals surface area contributed by atoms with Crippen LogP contribution in [0.5, 0.6) is 0 Å². The minimum atomic E-state index is -0.230. The highest BCUT2D eigenvalue weighted by atomic mass is 32.2. The molecule has 1 amide bonds. The summed E-state index contributed by atoms with van der Waals surface area (Å²) in [6.07, 6.45) is 0. The molecule has 1 atom stereocenters. The van der Waals surface area contributed by atoms with Gasteiger partial charge in [-0.3, -0.25) is 9.69 Å². The fourth-order valence-electron chi connectivity index (χ4n) is 2.90. The van der Waals surface area contributed by atoms with Gasteiger partial charge in [0.05, 0.1) is 0 Å². The van der Waals surface area contributed by atoms with Gasteiger partial charge in [-0.2, -0.15) is 0 Å². The van der Waals surface area contributed by atoms with Gasteiger partial charge in [-0.1, -0.05) is 48.5 Å². The SMILES string of the molecule is O=C(NCCN1CCNCC1)C(Sc1ccccc1)c1ccccc1. The molecular weight excluding hydrogens is 330 g/mol. The summed E-state index contributed by atoms with van der Waals surface area (Å²) in [6, 6.07) is 20.1. The molecule has 2 aromatic rings. The smallest absolute Gasteiger partial charge is 0.238 e. The summed E-state index contributed by atoms with van der Waals surface area (Å²) in [6.45, 7) is 5.77. The van der Waals surface area contributed by atoms with Crippen molar-refractivity contribution in [2.75, 3.05) is 39.3 Å². The lowest BCUT2D eigenvalue weighted by molar-refractivity contribution is -0.120. The highest BCUT2D eigenvalue weighted by molar-refractivity contribution is 8.00. The van der Waals surface area contributed by atoms with E-state index in [2.05, 4.69) is 27.7 Å². The molecule has 0 bridgehead atoms. The lowest BCUT2D eigenvalue weighted by Crippen LogP contribution is -2.46. The van der Waals surface area contributed by atoms with E-state index in [9.17, 15) is 4.79 Å². The third kappa shape index (κ3) is 5.59. The molecule has 4 nitrogen and oxygen atoms in total. The largest absolute Gasteiger partial charge is 0.354 e. The molecule has 132 valence electrons. The first-order chi connectivity index (χ1) is 12.3. The standard InChI is InChI=1S/C20H25N3OS/c24-20(22-13-16-23-14-11-21-12-15-23)19(17-7-3-1-4-8-17)25-18-9-5-2-6-10-18/h1-10,19,21H,11-16H2,(H,22,24). The number of rotatable bonds is 7. The Balaban J connectivity index is 1.60. The van der Waals surface area contributed by atoms with E-state index in [1.54, 1.807) is 11.8 Å². The van der Waals surface area contributed by atoms with Crippen molar-refractivity contribution >= 4 is 17.7 Å². The van der Waals surface area contributed by atoms with Crippen LogP contribution >= 0.6 is 11.8 Å². The second-order valence-corrected chi connectivity index (χ2v) is 7.28. The van der Waals surface area contributed by atoms with Crippen LogP contribution in [0, 0.1) is 0 Å². The van der Waals surface area contributed by atoms with E-state index < -0.39 is 0 Å². The van der Waals surface area contributed by atoms with Gasteiger partial charge in [-0.15, -0.1) is 11.8 Å². The molecule has 25 heavy (non-hydrogen) atoms. The van der Waals surface area contributed by atoms with Crippen LogP contribution in [0.2, 0.25) is 0 Å². The quantitative estimate of drug-likeness (QED) is 0.749. The van der Waals surface area contributed by atoms with E-state index in [0.717, 1.165) is 43.2 Å². The minimum absolute atomic E-state index is 0.0789. The summed E-state index contributed by atoms with van der Waals surface area (Å²) in [5.74, 6) is 0.0789. The molecule has 1 fully saturated rings. The van der Waals surface area contributed by atoms with Gasteiger partial charge in [-0.05, 0) is 17.7 Å². The van der Waals surface area contributed by atoms with Gasteiger partial charge < -0.3 is 10.6 Å². The van der Waals surface area contributed by atoms with Crippen LogP contribution in [0.4, 0.5) is 0 Å². The molecule has 1 heterocycles. The predicted octanol–water partition coefficient (Wildman–Crippen LogP) is 2.54. The van der Waals surface area contributed by atoms with Gasteiger partial charge in [-0.25, -0.2) is 0 Å². The molecular formula is C20H25N3OS. The maximum Gasteiger partial charge on any atom is 0.238 e. The molecule has 1 aliphatic heterocycles. The Hall–Kier alpha value is -1.82. The number of carbonyl (C=O) groups excluding carboxylic acids is 1. The van der Waals surface area contributed by atoms with Crippen LogP contribution in [-0.2, 0) is 4.79 Å². The predicted molar refractivity (Wildman–Crippen MR) is 104 cm³/mol. The van der Waals surface area contributed by atoms with E-state index in [1.807, 2.05) is 48.5 Å². The van der Waals surface area contributed by atoms with Crippen molar-refractivity contribution in [3.05, 3.63) is 66.2 Å². The summed E-state index contributed by atoms with van der Waals surface area (Å²) in [5, 5.41) is 6.25. The van der Waals surface area contributed by atoms with Crippen molar-refractivity contribution in [1.82, 2.24) is 15.5 Å². The Kier molecular flexibility index (Phi) is 6.91. The molecule has 0 aromatic heterocycles. The summed E-state index contributed by atoms with van der Waals surface area (Å²) < 4.78 is 0. The third-order valence-corrected chi connectivity index (χ3v) is 5.54. The molecule has 1 aliphatic rings. The van der Waals surface area contributed by atoms with Crippen LogP contribution < -0.4 is 10.6 Å². The lowest BCUT2D eigenvalue weighted by atomic mass is 10.1. The lowest BCUT2D eigenvalue weighted by Gasteiger charge is -2.27. The molecule has 0 aliphatic carbocycles. The first-order valence-corrected chi connectivity index (χ1v) is 9.68. The zero-order valence-electron chi connectivity index (χ0n) is 14.4. The normalized spacial score (nSPS) is 16.3. The number of piperazine rings is 1. The Morgan fingerprint density at radius 2 is 1.68 bits per heavy atom. The molecule has 5 heteroatoms. The van der Waals surface area contributed by atoms with Gasteiger partial charge in [0.1, 0.15) is 5.25 Å². The highest BCUT2D eigenvalue weighted by Gasteiger charge is 2.21. The average Bonchev–Trinajstić information content (AvgIpc) is 2.68. The first kappa shape index (κ1) is 18.0. The van der Waals surface area contributed by atoms with Crippen LogP contribution in [0.15, 0.2) is 65.6 Å².